The summed E-state index contributed by atoms with van der Waals surface area (Å²) in [6.45, 7) is 0. The van der Waals surface area contributed by atoms with Crippen LogP contribution in [0, 0.1) is 6.07 Å². The van der Waals surface area contributed by atoms with E-state index in [1.54, 1.807) is 10.9 Å². The minimum absolute atomic E-state index is 0. The minimum atomic E-state index is 0. The average Bonchev–Trinajstić information content (AvgIpc) is 2.58. The Labute approximate surface area is 84.0 Å². The molecule has 0 atom stereocenters. The third-order valence-corrected chi connectivity index (χ3v) is 1.44. The third-order valence-electron chi connectivity index (χ3n) is 1.44. The predicted molar refractivity (Wildman–Crippen MR) is 42.4 cm³/mol. The summed E-state index contributed by atoms with van der Waals surface area (Å²) in [6, 6.07) is 12.7. The monoisotopic (exact) mass is 246 g/mol. The summed E-state index contributed by atoms with van der Waals surface area (Å²) in [4.78, 5) is 0. The quantitative estimate of drug-likeness (QED) is 0.552. The molecule has 0 aliphatic carbocycles. The van der Waals surface area contributed by atoms with E-state index < -0.39 is 0 Å². The molecule has 3 heteroatoms. The van der Waals surface area contributed by atoms with Gasteiger partial charge in [0, 0.05) is 31.9 Å². The summed E-state index contributed by atoms with van der Waals surface area (Å²) in [5.74, 6) is 0. The van der Waals surface area contributed by atoms with Gasteiger partial charge < -0.3 is 0 Å². The number of aromatic nitrogens is 2. The van der Waals surface area contributed by atoms with E-state index in [2.05, 4.69) is 11.2 Å². The van der Waals surface area contributed by atoms with Crippen molar-refractivity contribution in [3.63, 3.8) is 0 Å². The van der Waals surface area contributed by atoms with Crippen LogP contribution in [0.2, 0.25) is 0 Å². The minimum Gasteiger partial charge on any atom is -0.266 e. The maximum Gasteiger partial charge on any atom is 0.0493 e. The van der Waals surface area contributed by atoms with Gasteiger partial charge in [-0.1, -0.05) is 0 Å². The summed E-state index contributed by atoms with van der Waals surface area (Å²) < 4.78 is 1.78. The van der Waals surface area contributed by atoms with Crippen molar-refractivity contribution in [2.45, 2.75) is 0 Å². The smallest absolute Gasteiger partial charge is 0.0493 e. The number of hydrogen-bond acceptors (Lipinski definition) is 1. The Hall–Kier alpha value is -0.947. The van der Waals surface area contributed by atoms with E-state index in [0.717, 1.165) is 5.69 Å². The van der Waals surface area contributed by atoms with Crippen LogP contribution in [0.3, 0.4) is 0 Å². The molecule has 0 fully saturated rings. The van der Waals surface area contributed by atoms with E-state index >= 15 is 0 Å². The first kappa shape index (κ1) is 9.14. The zero-order valence-corrected chi connectivity index (χ0v) is 7.91. The van der Waals surface area contributed by atoms with Crippen LogP contribution >= 0.6 is 0 Å². The SMILES string of the molecule is [Rh].[c-]1ccccc1-n1cccn1. The van der Waals surface area contributed by atoms with Crippen LogP contribution in [0.15, 0.2) is 42.7 Å². The van der Waals surface area contributed by atoms with Gasteiger partial charge >= 0.3 is 0 Å². The summed E-state index contributed by atoms with van der Waals surface area (Å²) in [5, 5.41) is 4.07. The van der Waals surface area contributed by atoms with E-state index in [9.17, 15) is 0 Å². The Bertz CT molecular complexity index is 316. The van der Waals surface area contributed by atoms with Crippen LogP contribution in [0.25, 0.3) is 5.69 Å². The summed E-state index contributed by atoms with van der Waals surface area (Å²) >= 11 is 0. The predicted octanol–water partition coefficient (Wildman–Crippen LogP) is 1.67. The van der Waals surface area contributed by atoms with Crippen LogP contribution in [-0.4, -0.2) is 9.78 Å². The molecule has 2 nitrogen and oxygen atoms in total. The van der Waals surface area contributed by atoms with Gasteiger partial charge in [0.15, 0.2) is 0 Å². The second-order valence-corrected chi connectivity index (χ2v) is 2.20. The maximum atomic E-state index is 4.07. The Balaban J connectivity index is 0.000000720. The topological polar surface area (TPSA) is 17.8 Å². The number of para-hydroxylation sites is 1. The van der Waals surface area contributed by atoms with E-state index in [1.807, 2.05) is 36.5 Å². The molecule has 2 rings (SSSR count). The molecule has 1 radical (unpaired) electrons. The van der Waals surface area contributed by atoms with E-state index in [4.69, 9.17) is 0 Å². The van der Waals surface area contributed by atoms with Crippen molar-refractivity contribution in [2.75, 3.05) is 0 Å². The van der Waals surface area contributed by atoms with Crippen molar-refractivity contribution in [2.24, 2.45) is 0 Å². The molecule has 0 aliphatic heterocycles. The van der Waals surface area contributed by atoms with Crippen LogP contribution in [0.5, 0.6) is 0 Å². The van der Waals surface area contributed by atoms with Gasteiger partial charge in [-0.15, -0.1) is 6.07 Å². The van der Waals surface area contributed by atoms with Crippen molar-refractivity contribution < 1.29 is 19.5 Å². The fourth-order valence-electron chi connectivity index (χ4n) is 0.938. The van der Waals surface area contributed by atoms with Gasteiger partial charge in [-0.25, -0.2) is 0 Å². The molecule has 0 bridgehead atoms. The largest absolute Gasteiger partial charge is 0.266 e. The fraction of sp³-hybridized carbons (Fsp3) is 0. The second-order valence-electron chi connectivity index (χ2n) is 2.20. The summed E-state index contributed by atoms with van der Waals surface area (Å²) in [5.41, 5.74) is 0.970. The summed E-state index contributed by atoms with van der Waals surface area (Å²) in [6.07, 6.45) is 3.65. The Kier molecular flexibility index (Phi) is 3.18. The maximum absolute atomic E-state index is 4.07. The van der Waals surface area contributed by atoms with Gasteiger partial charge in [0.05, 0.1) is 0 Å². The number of nitrogens with zero attached hydrogens (tertiary/aromatic N) is 2. The zero-order valence-electron chi connectivity index (χ0n) is 6.27. The molecule has 0 saturated heterocycles. The van der Waals surface area contributed by atoms with Gasteiger partial charge in [-0.2, -0.15) is 29.4 Å². The molecule has 12 heavy (non-hydrogen) atoms. The Morgan fingerprint density at radius 1 is 1.25 bits per heavy atom. The molecule has 0 N–H and O–H groups in total. The van der Waals surface area contributed by atoms with E-state index in [-0.39, 0.29) is 19.5 Å². The van der Waals surface area contributed by atoms with Gasteiger partial charge in [0.25, 0.3) is 0 Å². The van der Waals surface area contributed by atoms with Crippen LogP contribution in [0.4, 0.5) is 0 Å². The first-order valence-electron chi connectivity index (χ1n) is 3.43. The van der Waals surface area contributed by atoms with Gasteiger partial charge in [0.1, 0.15) is 0 Å². The number of benzene rings is 1. The van der Waals surface area contributed by atoms with Gasteiger partial charge in [0.2, 0.25) is 0 Å². The first-order valence-corrected chi connectivity index (χ1v) is 3.43. The molecule has 63 valence electrons. The Morgan fingerprint density at radius 3 is 2.75 bits per heavy atom. The molecule has 1 heterocycles. The molecule has 2 aromatic rings. The molecular weight excluding hydrogens is 239 g/mol. The zero-order chi connectivity index (χ0) is 7.52. The van der Waals surface area contributed by atoms with Crippen LogP contribution < -0.4 is 0 Å². The molecule has 0 aliphatic rings. The second kappa shape index (κ2) is 4.17. The normalized spacial score (nSPS) is 9.00. The Morgan fingerprint density at radius 2 is 2.17 bits per heavy atom. The van der Waals surface area contributed by atoms with Gasteiger partial charge in [-0.3, -0.25) is 4.68 Å². The summed E-state index contributed by atoms with van der Waals surface area (Å²) in [7, 11) is 0. The van der Waals surface area contributed by atoms with E-state index in [0.29, 0.717) is 0 Å². The molecular formula is C9H7N2Rh-. The molecule has 1 aromatic carbocycles. The molecule has 0 amide bonds. The molecule has 1 aromatic heterocycles. The van der Waals surface area contributed by atoms with Crippen molar-refractivity contribution in [1.29, 1.82) is 0 Å². The van der Waals surface area contributed by atoms with Gasteiger partial charge in [-0.05, 0) is 11.8 Å². The van der Waals surface area contributed by atoms with Crippen LogP contribution in [-0.2, 0) is 19.5 Å². The van der Waals surface area contributed by atoms with Crippen LogP contribution in [0.1, 0.15) is 0 Å². The fourth-order valence-corrected chi connectivity index (χ4v) is 0.938. The number of hydrogen-bond donors (Lipinski definition) is 0. The molecule has 0 saturated carbocycles. The molecule has 0 unspecified atom stereocenters. The average molecular weight is 246 g/mol. The molecule has 0 spiro atoms. The first-order chi connectivity index (χ1) is 5.47. The third kappa shape index (κ3) is 1.80. The van der Waals surface area contributed by atoms with E-state index in [1.165, 1.54) is 0 Å². The van der Waals surface area contributed by atoms with Crippen molar-refractivity contribution in [3.8, 4) is 5.69 Å². The van der Waals surface area contributed by atoms with Crippen molar-refractivity contribution >= 4 is 0 Å². The van der Waals surface area contributed by atoms with Crippen molar-refractivity contribution in [3.05, 3.63) is 48.8 Å². The standard InChI is InChI=1S/C9H7N2.Rh/c1-2-5-9(6-3-1)11-8-4-7-10-11;/h1-5,7-8H;/q-1;. The number of rotatable bonds is 1. The van der Waals surface area contributed by atoms with Crippen molar-refractivity contribution in [1.82, 2.24) is 9.78 Å².